The van der Waals surface area contributed by atoms with Gasteiger partial charge in [0.1, 0.15) is 5.92 Å². The Morgan fingerprint density at radius 2 is 1.47 bits per heavy atom. The van der Waals surface area contributed by atoms with Gasteiger partial charge in [-0.25, -0.2) is 0 Å². The Balaban J connectivity index is 1.69. The Bertz CT molecular complexity index is 1060. The van der Waals surface area contributed by atoms with Crippen LogP contribution >= 0.6 is 0 Å². The molecule has 0 spiro atoms. The summed E-state index contributed by atoms with van der Waals surface area (Å²) in [5.41, 5.74) is 18.5. The Morgan fingerprint density at radius 3 is 1.94 bits per heavy atom. The largest absolute Gasteiger partial charge is 0.369 e. The summed E-state index contributed by atoms with van der Waals surface area (Å²) >= 11 is 0. The smallest absolute Gasteiger partial charge is 0.230 e. The zero-order valence-corrected chi connectivity index (χ0v) is 19.9. The molecular weight excluding hydrogens is 398 g/mol. The lowest BCUT2D eigenvalue weighted by Gasteiger charge is -2.43. The van der Waals surface area contributed by atoms with Crippen molar-refractivity contribution in [3.8, 4) is 0 Å². The molecule has 1 aromatic carbocycles. The number of nitrogens with two attached hydrogens (primary N) is 2. The number of nitrogens with zero attached hydrogens (tertiary/aromatic N) is 1. The van der Waals surface area contributed by atoms with Gasteiger partial charge in [0.05, 0.1) is 5.69 Å². The van der Waals surface area contributed by atoms with E-state index in [-0.39, 0.29) is 22.7 Å². The number of carbonyl (C=O) groups is 2. The van der Waals surface area contributed by atoms with Crippen LogP contribution in [-0.2, 0) is 32.3 Å². The molecule has 0 bridgehead atoms. The molecule has 0 saturated heterocycles. The number of hydrogen-bond acceptors (Lipinski definition) is 3. The van der Waals surface area contributed by atoms with Crippen LogP contribution in [0.4, 0.5) is 0 Å². The molecule has 5 heteroatoms. The van der Waals surface area contributed by atoms with E-state index in [9.17, 15) is 9.59 Å². The lowest BCUT2D eigenvalue weighted by atomic mass is 9.62. The van der Waals surface area contributed by atoms with Gasteiger partial charge in [-0.2, -0.15) is 0 Å². The van der Waals surface area contributed by atoms with Crippen molar-refractivity contribution in [2.24, 2.45) is 17.4 Å². The Morgan fingerprint density at radius 1 is 0.906 bits per heavy atom. The minimum atomic E-state index is -1.01. The predicted molar refractivity (Wildman–Crippen MR) is 126 cm³/mol. The van der Waals surface area contributed by atoms with Crippen LogP contribution in [0, 0.1) is 12.8 Å². The summed E-state index contributed by atoms with van der Waals surface area (Å²) < 4.78 is 0. The van der Waals surface area contributed by atoms with E-state index in [1.54, 1.807) is 6.20 Å². The molecule has 2 amide bonds. The fraction of sp³-hybridized carbons (Fsp3) is 0.519. The molecule has 2 aliphatic rings. The number of pyridine rings is 1. The molecule has 4 N–H and O–H groups in total. The summed E-state index contributed by atoms with van der Waals surface area (Å²) in [7, 11) is 0. The number of aromatic nitrogens is 1. The highest BCUT2D eigenvalue weighted by molar-refractivity contribution is 5.99. The first-order chi connectivity index (χ1) is 14.9. The molecule has 2 aromatic rings. The average Bonchev–Trinajstić information content (AvgIpc) is 3.51. The third kappa shape index (κ3) is 3.72. The zero-order chi connectivity index (χ0) is 23.5. The normalized spacial score (nSPS) is 19.9. The second-order valence-corrected chi connectivity index (χ2v) is 11.2. The maximum atomic E-state index is 11.5. The van der Waals surface area contributed by atoms with E-state index in [2.05, 4.69) is 46.8 Å². The molecule has 1 heterocycles. The van der Waals surface area contributed by atoms with Gasteiger partial charge in [0.2, 0.25) is 11.8 Å². The lowest BCUT2D eigenvalue weighted by molar-refractivity contribution is -0.131. The minimum Gasteiger partial charge on any atom is -0.369 e. The third-order valence-corrected chi connectivity index (χ3v) is 7.91. The van der Waals surface area contributed by atoms with Crippen LogP contribution in [0.2, 0.25) is 0 Å². The standard InChI is InChI=1S/C27H35N3O2/c1-16-12-20-21(26(4,5)9-8-25(20,2)3)14-19(16)27(10-11-27)22-7-6-17(15-30-22)13-18(23(28)31)24(29)32/h6-7,12,14-15,18H,8-11,13H2,1-5H3,(H2,28,31)(H2,29,32). The van der Waals surface area contributed by atoms with E-state index in [1.165, 1.54) is 35.1 Å². The summed E-state index contributed by atoms with van der Waals surface area (Å²) in [6, 6.07) is 8.87. The number of primary amides is 2. The number of fused-ring (bicyclic) bond motifs is 1. The van der Waals surface area contributed by atoms with Gasteiger partial charge in [0.25, 0.3) is 0 Å². The van der Waals surface area contributed by atoms with Crippen molar-refractivity contribution in [3.63, 3.8) is 0 Å². The Kier molecular flexibility index (Phi) is 5.22. The van der Waals surface area contributed by atoms with Crippen LogP contribution < -0.4 is 11.5 Å². The number of rotatable bonds is 6. The lowest BCUT2D eigenvalue weighted by Crippen LogP contribution is -2.36. The van der Waals surface area contributed by atoms with Crippen molar-refractivity contribution >= 4 is 11.8 Å². The topological polar surface area (TPSA) is 99.1 Å². The summed E-state index contributed by atoms with van der Waals surface area (Å²) in [6.07, 6.45) is 6.50. The molecule has 2 aliphatic carbocycles. The fourth-order valence-electron chi connectivity index (χ4n) is 5.43. The van der Waals surface area contributed by atoms with E-state index in [0.29, 0.717) is 0 Å². The SMILES string of the molecule is Cc1cc2c(cc1C1(c3ccc(CC(C(N)=O)C(N)=O)cn3)CC1)C(C)(C)CCC2(C)C. The first-order valence-electron chi connectivity index (χ1n) is 11.6. The molecule has 0 atom stereocenters. The summed E-state index contributed by atoms with van der Waals surface area (Å²) in [5.74, 6) is -2.41. The molecule has 1 saturated carbocycles. The first kappa shape index (κ1) is 22.5. The molecule has 0 radical (unpaired) electrons. The van der Waals surface area contributed by atoms with Crippen LogP contribution in [0.1, 0.15) is 86.9 Å². The first-order valence-corrected chi connectivity index (χ1v) is 11.6. The monoisotopic (exact) mass is 433 g/mol. The van der Waals surface area contributed by atoms with Crippen molar-refractivity contribution in [3.05, 3.63) is 64.0 Å². The van der Waals surface area contributed by atoms with Crippen molar-refractivity contribution in [1.82, 2.24) is 4.98 Å². The third-order valence-electron chi connectivity index (χ3n) is 7.91. The number of carbonyl (C=O) groups excluding carboxylic acids is 2. The molecular formula is C27H35N3O2. The van der Waals surface area contributed by atoms with Crippen LogP contribution in [0.15, 0.2) is 30.5 Å². The van der Waals surface area contributed by atoms with Gasteiger partial charge in [-0.15, -0.1) is 0 Å². The van der Waals surface area contributed by atoms with Crippen molar-refractivity contribution in [2.45, 2.75) is 83.0 Å². The van der Waals surface area contributed by atoms with Crippen LogP contribution in [-0.4, -0.2) is 16.8 Å². The van der Waals surface area contributed by atoms with E-state index in [0.717, 1.165) is 24.1 Å². The summed E-state index contributed by atoms with van der Waals surface area (Å²) in [5, 5.41) is 0. The van der Waals surface area contributed by atoms with Gasteiger partial charge in [-0.1, -0.05) is 45.9 Å². The maximum absolute atomic E-state index is 11.5. The predicted octanol–water partition coefficient (Wildman–Crippen LogP) is 3.95. The van der Waals surface area contributed by atoms with Gasteiger partial charge in [0, 0.05) is 11.6 Å². The number of aryl methyl sites for hydroxylation is 1. The van der Waals surface area contributed by atoms with Gasteiger partial charge < -0.3 is 11.5 Å². The van der Waals surface area contributed by atoms with Crippen LogP contribution in [0.3, 0.4) is 0 Å². The molecule has 4 rings (SSSR count). The maximum Gasteiger partial charge on any atom is 0.230 e. The van der Waals surface area contributed by atoms with Crippen LogP contribution in [0.25, 0.3) is 0 Å². The highest BCUT2D eigenvalue weighted by Crippen LogP contribution is 2.56. The molecule has 32 heavy (non-hydrogen) atoms. The molecule has 5 nitrogen and oxygen atoms in total. The second-order valence-electron chi connectivity index (χ2n) is 11.2. The molecule has 1 aromatic heterocycles. The van der Waals surface area contributed by atoms with Crippen molar-refractivity contribution in [1.29, 1.82) is 0 Å². The van der Waals surface area contributed by atoms with Crippen LogP contribution in [0.5, 0.6) is 0 Å². The summed E-state index contributed by atoms with van der Waals surface area (Å²) in [6.45, 7) is 11.7. The molecule has 170 valence electrons. The summed E-state index contributed by atoms with van der Waals surface area (Å²) in [4.78, 5) is 27.8. The highest BCUT2D eigenvalue weighted by Gasteiger charge is 2.49. The average molecular weight is 434 g/mol. The van der Waals surface area contributed by atoms with E-state index < -0.39 is 17.7 Å². The van der Waals surface area contributed by atoms with Gasteiger partial charge in [-0.3, -0.25) is 14.6 Å². The quantitative estimate of drug-likeness (QED) is 0.675. The highest BCUT2D eigenvalue weighted by atomic mass is 16.2. The van der Waals surface area contributed by atoms with E-state index in [4.69, 9.17) is 16.5 Å². The Labute approximate surface area is 191 Å². The van der Waals surface area contributed by atoms with E-state index in [1.807, 2.05) is 12.1 Å². The minimum absolute atomic E-state index is 0.0535. The number of amides is 2. The number of benzene rings is 1. The second kappa shape index (κ2) is 7.43. The van der Waals surface area contributed by atoms with Gasteiger partial charge in [-0.05, 0) is 83.7 Å². The van der Waals surface area contributed by atoms with Crippen molar-refractivity contribution in [2.75, 3.05) is 0 Å². The number of hydrogen-bond donors (Lipinski definition) is 2. The molecule has 1 fully saturated rings. The van der Waals surface area contributed by atoms with Gasteiger partial charge >= 0.3 is 0 Å². The van der Waals surface area contributed by atoms with E-state index >= 15 is 0 Å². The van der Waals surface area contributed by atoms with Gasteiger partial charge in [0.15, 0.2) is 0 Å². The molecule has 0 unspecified atom stereocenters. The molecule has 0 aliphatic heterocycles. The zero-order valence-electron chi connectivity index (χ0n) is 19.9. The van der Waals surface area contributed by atoms with Crippen molar-refractivity contribution < 1.29 is 9.59 Å². The fourth-order valence-corrected chi connectivity index (χ4v) is 5.43. The Hall–Kier alpha value is -2.69.